The molecule has 0 N–H and O–H groups in total. The molecule has 66 valence electrons. The number of pyridine rings is 1. The summed E-state index contributed by atoms with van der Waals surface area (Å²) in [6, 6.07) is 2.40. The lowest BCUT2D eigenvalue weighted by Crippen LogP contribution is -1.96. The van der Waals surface area contributed by atoms with Crippen LogP contribution in [-0.4, -0.2) is 13.4 Å². The number of halogens is 2. The van der Waals surface area contributed by atoms with E-state index in [1.807, 2.05) is 0 Å². The van der Waals surface area contributed by atoms with Crippen molar-refractivity contribution in [3.63, 3.8) is 0 Å². The molecule has 0 saturated carbocycles. The van der Waals surface area contributed by atoms with Gasteiger partial charge in [0.05, 0.1) is 5.75 Å². The third-order valence-electron chi connectivity index (χ3n) is 1.13. The van der Waals surface area contributed by atoms with Crippen molar-refractivity contribution in [2.24, 2.45) is 0 Å². The summed E-state index contributed by atoms with van der Waals surface area (Å²) in [4.78, 5) is 3.27. The topological polar surface area (TPSA) is 47.0 Å². The molecule has 1 aromatic heterocycles. The largest absolute Gasteiger partial charge is 0.236 e. The standard InChI is InChI=1S/C6H5ClFNO2S/c7-12(10,11)4-5-1-2-6(8)9-3-5/h1-3H,4H2. The predicted molar refractivity (Wildman–Crippen MR) is 42.7 cm³/mol. The number of hydrogen-bond donors (Lipinski definition) is 0. The molecule has 12 heavy (non-hydrogen) atoms. The zero-order valence-corrected chi connectivity index (χ0v) is 7.44. The zero-order valence-electron chi connectivity index (χ0n) is 5.87. The lowest BCUT2D eigenvalue weighted by molar-refractivity contribution is 0.582. The highest BCUT2D eigenvalue weighted by Gasteiger charge is 2.06. The Labute approximate surface area is 73.6 Å². The van der Waals surface area contributed by atoms with Crippen LogP contribution in [0.3, 0.4) is 0 Å². The van der Waals surface area contributed by atoms with Gasteiger partial charge in [-0.1, -0.05) is 6.07 Å². The third kappa shape index (κ3) is 3.15. The van der Waals surface area contributed by atoms with E-state index in [1.165, 1.54) is 6.07 Å². The minimum absolute atomic E-state index is 0.332. The van der Waals surface area contributed by atoms with Crippen molar-refractivity contribution >= 4 is 19.7 Å². The van der Waals surface area contributed by atoms with E-state index in [0.29, 0.717) is 5.56 Å². The van der Waals surface area contributed by atoms with Gasteiger partial charge in [-0.15, -0.1) is 0 Å². The first-order valence-corrected chi connectivity index (χ1v) is 5.48. The van der Waals surface area contributed by atoms with Gasteiger partial charge in [0, 0.05) is 16.9 Å². The average Bonchev–Trinajstić information content (AvgIpc) is 1.91. The summed E-state index contributed by atoms with van der Waals surface area (Å²) >= 11 is 0. The second-order valence-corrected chi connectivity index (χ2v) is 4.95. The van der Waals surface area contributed by atoms with Crippen molar-refractivity contribution in [1.82, 2.24) is 4.98 Å². The van der Waals surface area contributed by atoms with Gasteiger partial charge in [0.1, 0.15) is 0 Å². The molecular formula is C6H5ClFNO2S. The van der Waals surface area contributed by atoms with Crippen molar-refractivity contribution in [2.45, 2.75) is 5.75 Å². The van der Waals surface area contributed by atoms with Gasteiger partial charge in [0.25, 0.3) is 0 Å². The molecule has 0 aliphatic heterocycles. The Morgan fingerprint density at radius 3 is 2.58 bits per heavy atom. The molecular weight excluding hydrogens is 205 g/mol. The minimum atomic E-state index is -3.58. The number of rotatable bonds is 2. The van der Waals surface area contributed by atoms with E-state index in [1.54, 1.807) is 0 Å². The Hall–Kier alpha value is -0.680. The van der Waals surface area contributed by atoms with E-state index in [0.717, 1.165) is 12.3 Å². The Morgan fingerprint density at radius 2 is 2.17 bits per heavy atom. The van der Waals surface area contributed by atoms with Gasteiger partial charge in [-0.25, -0.2) is 13.4 Å². The highest BCUT2D eigenvalue weighted by Crippen LogP contribution is 2.08. The molecule has 0 fully saturated rings. The number of hydrogen-bond acceptors (Lipinski definition) is 3. The summed E-state index contributed by atoms with van der Waals surface area (Å²) in [6.07, 6.45) is 1.13. The van der Waals surface area contributed by atoms with Crippen LogP contribution in [0.4, 0.5) is 4.39 Å². The van der Waals surface area contributed by atoms with Gasteiger partial charge in [0.2, 0.25) is 15.0 Å². The molecule has 0 saturated heterocycles. The van der Waals surface area contributed by atoms with Crippen LogP contribution in [0.5, 0.6) is 0 Å². The highest BCUT2D eigenvalue weighted by molar-refractivity contribution is 8.13. The van der Waals surface area contributed by atoms with Gasteiger partial charge in [-0.05, 0) is 11.6 Å². The van der Waals surface area contributed by atoms with Crippen molar-refractivity contribution in [1.29, 1.82) is 0 Å². The molecule has 0 aliphatic rings. The fraction of sp³-hybridized carbons (Fsp3) is 0.167. The van der Waals surface area contributed by atoms with E-state index in [2.05, 4.69) is 4.98 Å². The fourth-order valence-corrected chi connectivity index (χ4v) is 1.64. The highest BCUT2D eigenvalue weighted by atomic mass is 35.7. The minimum Gasteiger partial charge on any atom is -0.228 e. The van der Waals surface area contributed by atoms with E-state index in [9.17, 15) is 12.8 Å². The molecule has 0 aromatic carbocycles. The maximum absolute atomic E-state index is 12.2. The predicted octanol–water partition coefficient (Wildman–Crippen LogP) is 1.29. The first kappa shape index (κ1) is 9.41. The molecule has 1 aromatic rings. The summed E-state index contributed by atoms with van der Waals surface area (Å²) in [5, 5.41) is 0. The third-order valence-corrected chi connectivity index (χ3v) is 2.13. The van der Waals surface area contributed by atoms with Crippen molar-refractivity contribution in [3.05, 3.63) is 29.8 Å². The molecule has 1 rings (SSSR count). The summed E-state index contributed by atoms with van der Waals surface area (Å²) in [6.45, 7) is 0. The molecule has 0 atom stereocenters. The molecule has 0 spiro atoms. The summed E-state index contributed by atoms with van der Waals surface area (Å²) in [5.41, 5.74) is 0.367. The van der Waals surface area contributed by atoms with Crippen LogP contribution in [0.2, 0.25) is 0 Å². The maximum Gasteiger partial charge on any atom is 0.236 e. The normalized spacial score (nSPS) is 11.5. The van der Waals surface area contributed by atoms with Crippen LogP contribution in [0.1, 0.15) is 5.56 Å². The Balaban J connectivity index is 2.85. The van der Waals surface area contributed by atoms with Gasteiger partial charge in [-0.3, -0.25) is 0 Å². The Morgan fingerprint density at radius 1 is 1.50 bits per heavy atom. The van der Waals surface area contributed by atoms with Gasteiger partial charge < -0.3 is 0 Å². The van der Waals surface area contributed by atoms with Crippen LogP contribution in [0, 0.1) is 5.95 Å². The first-order valence-electron chi connectivity index (χ1n) is 3.00. The van der Waals surface area contributed by atoms with E-state index < -0.39 is 15.0 Å². The molecule has 1 heterocycles. The SMILES string of the molecule is O=S(=O)(Cl)Cc1ccc(F)nc1. The second kappa shape index (κ2) is 3.37. The van der Waals surface area contributed by atoms with Crippen molar-refractivity contribution in [3.8, 4) is 0 Å². The molecule has 0 unspecified atom stereocenters. The first-order chi connectivity index (χ1) is 5.47. The molecule has 0 bridgehead atoms. The number of aromatic nitrogens is 1. The summed E-state index contributed by atoms with van der Waals surface area (Å²) in [5.74, 6) is -0.979. The van der Waals surface area contributed by atoms with Gasteiger partial charge >= 0.3 is 0 Å². The van der Waals surface area contributed by atoms with Crippen LogP contribution >= 0.6 is 10.7 Å². The quantitative estimate of drug-likeness (QED) is 0.545. The molecule has 3 nitrogen and oxygen atoms in total. The molecule has 6 heteroatoms. The van der Waals surface area contributed by atoms with Crippen LogP contribution in [0.15, 0.2) is 18.3 Å². The van der Waals surface area contributed by atoms with Crippen molar-refractivity contribution in [2.75, 3.05) is 0 Å². The lowest BCUT2D eigenvalue weighted by Gasteiger charge is -1.95. The van der Waals surface area contributed by atoms with Gasteiger partial charge in [-0.2, -0.15) is 4.39 Å². The average molecular weight is 210 g/mol. The summed E-state index contributed by atoms with van der Waals surface area (Å²) in [7, 11) is 1.38. The van der Waals surface area contributed by atoms with Crippen LogP contribution in [0.25, 0.3) is 0 Å². The number of nitrogens with zero attached hydrogens (tertiary/aromatic N) is 1. The van der Waals surface area contributed by atoms with Gasteiger partial charge in [0.15, 0.2) is 0 Å². The molecule has 0 aliphatic carbocycles. The smallest absolute Gasteiger partial charge is 0.228 e. The van der Waals surface area contributed by atoms with E-state index >= 15 is 0 Å². The Bertz CT molecular complexity index is 362. The Kier molecular flexibility index (Phi) is 2.64. The van der Waals surface area contributed by atoms with Crippen LogP contribution < -0.4 is 0 Å². The second-order valence-electron chi connectivity index (χ2n) is 2.17. The van der Waals surface area contributed by atoms with Crippen molar-refractivity contribution < 1.29 is 12.8 Å². The van der Waals surface area contributed by atoms with Crippen LogP contribution in [-0.2, 0) is 14.8 Å². The molecule has 0 amide bonds. The van der Waals surface area contributed by atoms with E-state index in [4.69, 9.17) is 10.7 Å². The van der Waals surface area contributed by atoms with E-state index in [-0.39, 0.29) is 5.75 Å². The lowest BCUT2D eigenvalue weighted by atomic mass is 10.3. The monoisotopic (exact) mass is 209 g/mol. The molecule has 0 radical (unpaired) electrons. The zero-order chi connectivity index (χ0) is 9.19. The maximum atomic E-state index is 12.2. The summed E-state index contributed by atoms with van der Waals surface area (Å²) < 4.78 is 33.3. The fourth-order valence-electron chi connectivity index (χ4n) is 0.691.